The van der Waals surface area contributed by atoms with Gasteiger partial charge in [0.25, 0.3) is 0 Å². The van der Waals surface area contributed by atoms with E-state index < -0.39 is 5.97 Å². The van der Waals surface area contributed by atoms with Crippen molar-refractivity contribution in [2.75, 3.05) is 7.11 Å². The highest BCUT2D eigenvalue weighted by Crippen LogP contribution is 2.26. The fourth-order valence-corrected chi connectivity index (χ4v) is 2.66. The summed E-state index contributed by atoms with van der Waals surface area (Å²) in [5.74, 6) is 0.452. The first-order valence-corrected chi connectivity index (χ1v) is 7.29. The lowest BCUT2D eigenvalue weighted by Gasteiger charge is -2.27. The van der Waals surface area contributed by atoms with E-state index in [0.29, 0.717) is 12.3 Å². The number of nitrogens with zero attached hydrogens (tertiary/aromatic N) is 1. The second-order valence-electron chi connectivity index (χ2n) is 4.63. The number of rotatable bonds is 6. The molecule has 0 fully saturated rings. The summed E-state index contributed by atoms with van der Waals surface area (Å²) in [6.07, 6.45) is 2.71. The number of aromatic nitrogens is 1. The molecule has 0 aliphatic rings. The van der Waals surface area contributed by atoms with Crippen LogP contribution in [0.5, 0.6) is 0 Å². The van der Waals surface area contributed by atoms with E-state index in [2.05, 4.69) is 28.9 Å². The number of carbonyl (C=O) groups excluding carboxylic acids is 1. The third-order valence-corrected chi connectivity index (χ3v) is 4.35. The Bertz CT molecular complexity index is 565. The van der Waals surface area contributed by atoms with Crippen molar-refractivity contribution in [2.45, 2.75) is 32.4 Å². The van der Waals surface area contributed by atoms with Crippen molar-refractivity contribution in [2.24, 2.45) is 0 Å². The molecule has 2 heterocycles. The molecule has 1 atom stereocenters. The van der Waals surface area contributed by atoms with E-state index in [1.54, 1.807) is 29.7 Å². The van der Waals surface area contributed by atoms with Gasteiger partial charge in [-0.05, 0) is 25.5 Å². The van der Waals surface area contributed by atoms with Crippen molar-refractivity contribution in [3.63, 3.8) is 0 Å². The van der Waals surface area contributed by atoms with Crippen molar-refractivity contribution in [3.05, 3.63) is 40.2 Å². The Hall–Kier alpha value is -1.66. The molecule has 0 bridgehead atoms. The first-order chi connectivity index (χ1) is 9.59. The Balaban J connectivity index is 2.04. The predicted octanol–water partition coefficient (Wildman–Crippen LogP) is 2.94. The summed E-state index contributed by atoms with van der Waals surface area (Å²) < 4.78 is 10.1. The molecule has 1 N–H and O–H groups in total. The SMILES string of the molecule is CC[C@@](C)(NCc1ccc(C(=O)OC)o1)c1nccs1. The average molecular weight is 294 g/mol. The van der Waals surface area contributed by atoms with E-state index in [0.717, 1.165) is 11.4 Å². The van der Waals surface area contributed by atoms with Crippen LogP contribution in [0.3, 0.4) is 0 Å². The van der Waals surface area contributed by atoms with Gasteiger partial charge in [-0.15, -0.1) is 11.3 Å². The lowest BCUT2D eigenvalue weighted by Crippen LogP contribution is -2.38. The van der Waals surface area contributed by atoms with E-state index in [1.807, 2.05) is 5.38 Å². The molecule has 0 radical (unpaired) electrons. The Kier molecular flexibility index (Phi) is 4.57. The topological polar surface area (TPSA) is 64.4 Å². The lowest BCUT2D eigenvalue weighted by atomic mass is 10.00. The summed E-state index contributed by atoms with van der Waals surface area (Å²) in [4.78, 5) is 15.7. The maximum Gasteiger partial charge on any atom is 0.373 e. The summed E-state index contributed by atoms with van der Waals surface area (Å²) in [7, 11) is 1.33. The predicted molar refractivity (Wildman–Crippen MR) is 76.6 cm³/mol. The molecule has 0 saturated carbocycles. The molecule has 0 amide bonds. The zero-order valence-electron chi connectivity index (χ0n) is 11.8. The van der Waals surface area contributed by atoms with E-state index in [4.69, 9.17) is 4.42 Å². The molecule has 2 aromatic rings. The lowest BCUT2D eigenvalue weighted by molar-refractivity contribution is 0.0562. The molecule has 20 heavy (non-hydrogen) atoms. The zero-order chi connectivity index (χ0) is 14.6. The van der Waals surface area contributed by atoms with Crippen LogP contribution in [-0.4, -0.2) is 18.1 Å². The minimum atomic E-state index is -0.463. The standard InChI is InChI=1S/C14H18N2O3S/c1-4-14(2,13-15-7-8-20-13)16-9-10-5-6-11(19-10)12(17)18-3/h5-8,16H,4,9H2,1-3H3/t14-/m1/s1. The van der Waals surface area contributed by atoms with Gasteiger partial charge in [-0.1, -0.05) is 6.92 Å². The van der Waals surface area contributed by atoms with Crippen LogP contribution in [0.1, 0.15) is 41.6 Å². The van der Waals surface area contributed by atoms with E-state index in [9.17, 15) is 4.79 Å². The average Bonchev–Trinajstić information content (AvgIpc) is 3.15. The van der Waals surface area contributed by atoms with Crippen LogP contribution in [0.4, 0.5) is 0 Å². The Labute approximate surface area is 122 Å². The fourth-order valence-electron chi connectivity index (χ4n) is 1.81. The minimum Gasteiger partial charge on any atom is -0.463 e. The van der Waals surface area contributed by atoms with Gasteiger partial charge in [-0.25, -0.2) is 9.78 Å². The largest absolute Gasteiger partial charge is 0.463 e. The fraction of sp³-hybridized carbons (Fsp3) is 0.429. The number of carbonyl (C=O) groups is 1. The maximum atomic E-state index is 11.3. The van der Waals surface area contributed by atoms with Crippen molar-refractivity contribution in [1.29, 1.82) is 0 Å². The summed E-state index contributed by atoms with van der Waals surface area (Å²) >= 11 is 1.62. The molecule has 108 valence electrons. The van der Waals surface area contributed by atoms with Crippen LogP contribution in [0.25, 0.3) is 0 Å². The van der Waals surface area contributed by atoms with Crippen molar-refractivity contribution in [1.82, 2.24) is 10.3 Å². The van der Waals surface area contributed by atoms with Crippen LogP contribution in [0, 0.1) is 0 Å². The number of furan rings is 1. The van der Waals surface area contributed by atoms with Gasteiger partial charge < -0.3 is 9.15 Å². The van der Waals surface area contributed by atoms with Crippen LogP contribution < -0.4 is 5.32 Å². The Morgan fingerprint density at radius 1 is 1.55 bits per heavy atom. The molecule has 6 heteroatoms. The highest BCUT2D eigenvalue weighted by atomic mass is 32.1. The van der Waals surface area contributed by atoms with Gasteiger partial charge in [0.2, 0.25) is 5.76 Å². The van der Waals surface area contributed by atoms with Gasteiger partial charge in [0.15, 0.2) is 0 Å². The van der Waals surface area contributed by atoms with Crippen LogP contribution >= 0.6 is 11.3 Å². The van der Waals surface area contributed by atoms with Crippen molar-refractivity contribution in [3.8, 4) is 0 Å². The summed E-state index contributed by atoms with van der Waals surface area (Å²) in [5, 5.41) is 6.44. The summed E-state index contributed by atoms with van der Waals surface area (Å²) in [5.41, 5.74) is -0.202. The summed E-state index contributed by atoms with van der Waals surface area (Å²) in [6, 6.07) is 3.40. The number of thiazole rings is 1. The number of hydrogen-bond donors (Lipinski definition) is 1. The molecule has 0 aliphatic carbocycles. The van der Waals surface area contributed by atoms with Crippen LogP contribution in [0.15, 0.2) is 28.1 Å². The highest BCUT2D eigenvalue weighted by molar-refractivity contribution is 7.09. The number of hydrogen-bond acceptors (Lipinski definition) is 6. The molecule has 0 unspecified atom stereocenters. The Morgan fingerprint density at radius 2 is 2.35 bits per heavy atom. The molecule has 0 spiro atoms. The van der Waals surface area contributed by atoms with Gasteiger partial charge in [-0.3, -0.25) is 5.32 Å². The van der Waals surface area contributed by atoms with Gasteiger partial charge in [-0.2, -0.15) is 0 Å². The minimum absolute atomic E-state index is 0.202. The van der Waals surface area contributed by atoms with Crippen molar-refractivity contribution < 1.29 is 13.9 Å². The monoisotopic (exact) mass is 294 g/mol. The number of nitrogens with one attached hydrogen (secondary N) is 1. The van der Waals surface area contributed by atoms with Gasteiger partial charge in [0.1, 0.15) is 10.8 Å². The van der Waals surface area contributed by atoms with Crippen LogP contribution in [0.2, 0.25) is 0 Å². The molecule has 0 saturated heterocycles. The maximum absolute atomic E-state index is 11.3. The van der Waals surface area contributed by atoms with E-state index >= 15 is 0 Å². The second kappa shape index (κ2) is 6.19. The normalized spacial score (nSPS) is 13.9. The molecule has 2 rings (SSSR count). The Morgan fingerprint density at radius 3 is 2.95 bits per heavy atom. The molecular formula is C14H18N2O3S. The molecule has 2 aromatic heterocycles. The number of esters is 1. The first-order valence-electron chi connectivity index (χ1n) is 6.41. The third kappa shape index (κ3) is 3.08. The van der Waals surface area contributed by atoms with Crippen LogP contribution in [-0.2, 0) is 16.8 Å². The highest BCUT2D eigenvalue weighted by Gasteiger charge is 2.27. The van der Waals surface area contributed by atoms with E-state index in [1.165, 1.54) is 7.11 Å². The quantitative estimate of drug-likeness (QED) is 0.830. The number of methoxy groups -OCH3 is 1. The molecule has 0 aromatic carbocycles. The number of ether oxygens (including phenoxy) is 1. The molecular weight excluding hydrogens is 276 g/mol. The summed E-state index contributed by atoms with van der Waals surface area (Å²) in [6.45, 7) is 4.74. The van der Waals surface area contributed by atoms with E-state index in [-0.39, 0.29) is 11.3 Å². The zero-order valence-corrected chi connectivity index (χ0v) is 12.6. The van der Waals surface area contributed by atoms with Gasteiger partial charge in [0.05, 0.1) is 19.2 Å². The first kappa shape index (κ1) is 14.7. The molecule has 5 nitrogen and oxygen atoms in total. The smallest absolute Gasteiger partial charge is 0.373 e. The van der Waals surface area contributed by atoms with Gasteiger partial charge in [0, 0.05) is 11.6 Å². The second-order valence-corrected chi connectivity index (χ2v) is 5.53. The third-order valence-electron chi connectivity index (χ3n) is 3.31. The molecule has 0 aliphatic heterocycles. The van der Waals surface area contributed by atoms with Gasteiger partial charge >= 0.3 is 5.97 Å². The van der Waals surface area contributed by atoms with Crippen molar-refractivity contribution >= 4 is 17.3 Å².